The van der Waals surface area contributed by atoms with E-state index >= 15 is 0 Å². The lowest BCUT2D eigenvalue weighted by molar-refractivity contribution is -0.127. The highest BCUT2D eigenvalue weighted by atomic mass is 35.5. The number of carbonyl (C=O) groups excluding carboxylic acids is 1. The van der Waals surface area contributed by atoms with E-state index in [2.05, 4.69) is 10.1 Å². The fourth-order valence-corrected chi connectivity index (χ4v) is 2.37. The van der Waals surface area contributed by atoms with Crippen LogP contribution in [0.1, 0.15) is 18.7 Å². The number of hydrogen-bond acceptors (Lipinski definition) is 4. The number of likely N-dealkylation sites (tertiary alicyclic amines) is 1. The summed E-state index contributed by atoms with van der Waals surface area (Å²) in [6.07, 6.45) is 2.21. The minimum atomic E-state index is 0.214. The van der Waals surface area contributed by atoms with Gasteiger partial charge in [-0.2, -0.15) is 4.98 Å². The first kappa shape index (κ1) is 13.1. The molecule has 20 heavy (non-hydrogen) atoms. The lowest BCUT2D eigenvalue weighted by atomic mass is 10.2. The summed E-state index contributed by atoms with van der Waals surface area (Å²) >= 11 is 5.84. The molecule has 104 valence electrons. The van der Waals surface area contributed by atoms with Gasteiger partial charge in [0.1, 0.15) is 0 Å². The lowest BCUT2D eigenvalue weighted by Gasteiger charge is -2.13. The Bertz CT molecular complexity index is 609. The number of aromatic nitrogens is 2. The number of halogens is 1. The van der Waals surface area contributed by atoms with E-state index in [4.69, 9.17) is 16.1 Å². The third-order valence-electron chi connectivity index (χ3n) is 3.34. The lowest BCUT2D eigenvalue weighted by Crippen LogP contribution is -2.27. The second kappa shape index (κ2) is 5.63. The summed E-state index contributed by atoms with van der Waals surface area (Å²) in [5, 5.41) is 4.61. The van der Waals surface area contributed by atoms with E-state index < -0.39 is 0 Å². The molecule has 1 aliphatic heterocycles. The van der Waals surface area contributed by atoms with Gasteiger partial charge in [-0.25, -0.2) is 0 Å². The molecule has 0 aliphatic carbocycles. The van der Waals surface area contributed by atoms with E-state index in [-0.39, 0.29) is 5.91 Å². The highest BCUT2D eigenvalue weighted by Crippen LogP contribution is 2.20. The van der Waals surface area contributed by atoms with Gasteiger partial charge in [-0.1, -0.05) is 16.8 Å². The molecule has 1 aromatic carbocycles. The average Bonchev–Trinajstić information content (AvgIpc) is 3.06. The van der Waals surface area contributed by atoms with E-state index in [9.17, 15) is 4.79 Å². The summed E-state index contributed by atoms with van der Waals surface area (Å²) in [4.78, 5) is 17.7. The maximum absolute atomic E-state index is 11.5. The first-order valence-corrected chi connectivity index (χ1v) is 6.96. The molecule has 0 bridgehead atoms. The molecule has 2 heterocycles. The summed E-state index contributed by atoms with van der Waals surface area (Å²) in [6.45, 7) is 1.49. The Labute approximate surface area is 121 Å². The predicted octanol–water partition coefficient (Wildman–Crippen LogP) is 2.55. The smallest absolute Gasteiger partial charge is 0.257 e. The Hall–Kier alpha value is -1.88. The van der Waals surface area contributed by atoms with Crippen molar-refractivity contribution in [3.8, 4) is 11.5 Å². The number of rotatable bonds is 4. The van der Waals surface area contributed by atoms with E-state index in [0.717, 1.165) is 18.5 Å². The Morgan fingerprint density at radius 1 is 1.30 bits per heavy atom. The monoisotopic (exact) mass is 291 g/mol. The molecular weight excluding hydrogens is 278 g/mol. The van der Waals surface area contributed by atoms with Crippen molar-refractivity contribution in [2.24, 2.45) is 0 Å². The average molecular weight is 292 g/mol. The molecule has 0 unspecified atom stereocenters. The zero-order valence-corrected chi connectivity index (χ0v) is 11.6. The van der Waals surface area contributed by atoms with E-state index in [1.807, 2.05) is 17.0 Å². The highest BCUT2D eigenvalue weighted by molar-refractivity contribution is 6.30. The van der Waals surface area contributed by atoms with Crippen molar-refractivity contribution in [2.45, 2.75) is 19.3 Å². The van der Waals surface area contributed by atoms with Gasteiger partial charge in [-0.3, -0.25) is 4.79 Å². The number of carbonyl (C=O) groups is 1. The molecule has 1 aromatic heterocycles. The summed E-state index contributed by atoms with van der Waals surface area (Å²) in [5.74, 6) is 1.31. The van der Waals surface area contributed by atoms with E-state index in [0.29, 0.717) is 36.1 Å². The van der Waals surface area contributed by atoms with Gasteiger partial charge >= 0.3 is 0 Å². The van der Waals surface area contributed by atoms with E-state index in [1.54, 1.807) is 12.1 Å². The standard InChI is InChI=1S/C14H14ClN3O2/c15-11-5-3-10(4-6-11)14-16-12(17-20-14)7-9-18-8-1-2-13(18)19/h3-6H,1-2,7-9H2. The molecule has 1 saturated heterocycles. The van der Waals surface area contributed by atoms with Crippen molar-refractivity contribution in [1.82, 2.24) is 15.0 Å². The van der Waals surface area contributed by atoms with Crippen LogP contribution in [0.25, 0.3) is 11.5 Å². The minimum Gasteiger partial charge on any atom is -0.342 e. The van der Waals surface area contributed by atoms with Crippen LogP contribution in [0, 0.1) is 0 Å². The molecule has 1 fully saturated rings. The van der Waals surface area contributed by atoms with Crippen molar-refractivity contribution < 1.29 is 9.32 Å². The topological polar surface area (TPSA) is 59.2 Å². The maximum Gasteiger partial charge on any atom is 0.257 e. The zero-order chi connectivity index (χ0) is 13.9. The predicted molar refractivity (Wildman–Crippen MR) is 74.3 cm³/mol. The molecule has 5 nitrogen and oxygen atoms in total. The number of hydrogen-bond donors (Lipinski definition) is 0. The number of amides is 1. The summed E-state index contributed by atoms with van der Waals surface area (Å²) in [6, 6.07) is 7.24. The van der Waals surface area contributed by atoms with Crippen molar-refractivity contribution in [2.75, 3.05) is 13.1 Å². The van der Waals surface area contributed by atoms with Crippen LogP contribution in [-0.2, 0) is 11.2 Å². The molecule has 0 N–H and O–H groups in total. The van der Waals surface area contributed by atoms with Gasteiger partial charge in [-0.05, 0) is 30.7 Å². The molecule has 0 saturated carbocycles. The van der Waals surface area contributed by atoms with Crippen LogP contribution in [0.4, 0.5) is 0 Å². The second-order valence-electron chi connectivity index (χ2n) is 4.76. The molecule has 0 spiro atoms. The molecule has 6 heteroatoms. The molecule has 2 aromatic rings. The summed E-state index contributed by atoms with van der Waals surface area (Å²) < 4.78 is 5.22. The number of benzene rings is 1. The van der Waals surface area contributed by atoms with Gasteiger partial charge in [0.15, 0.2) is 5.82 Å². The Morgan fingerprint density at radius 2 is 2.10 bits per heavy atom. The normalized spacial score (nSPS) is 15.1. The Morgan fingerprint density at radius 3 is 2.80 bits per heavy atom. The van der Waals surface area contributed by atoms with Crippen LogP contribution in [0.2, 0.25) is 5.02 Å². The van der Waals surface area contributed by atoms with Gasteiger partial charge in [0.25, 0.3) is 5.89 Å². The van der Waals surface area contributed by atoms with Crippen molar-refractivity contribution >= 4 is 17.5 Å². The minimum absolute atomic E-state index is 0.214. The van der Waals surface area contributed by atoms with Gasteiger partial charge in [0, 0.05) is 36.5 Å². The van der Waals surface area contributed by atoms with Crippen LogP contribution in [0.15, 0.2) is 28.8 Å². The van der Waals surface area contributed by atoms with Gasteiger partial charge < -0.3 is 9.42 Å². The van der Waals surface area contributed by atoms with Crippen LogP contribution in [0.5, 0.6) is 0 Å². The van der Waals surface area contributed by atoms with E-state index in [1.165, 1.54) is 0 Å². The van der Waals surface area contributed by atoms with Gasteiger partial charge in [0.05, 0.1) is 0 Å². The summed E-state index contributed by atoms with van der Waals surface area (Å²) in [7, 11) is 0. The summed E-state index contributed by atoms with van der Waals surface area (Å²) in [5.41, 5.74) is 0.838. The molecule has 1 amide bonds. The molecular formula is C14H14ClN3O2. The first-order chi connectivity index (χ1) is 9.72. The Balaban J connectivity index is 1.64. The largest absolute Gasteiger partial charge is 0.342 e. The Kier molecular flexibility index (Phi) is 3.69. The third-order valence-corrected chi connectivity index (χ3v) is 3.59. The van der Waals surface area contributed by atoms with Gasteiger partial charge in [-0.15, -0.1) is 0 Å². The van der Waals surface area contributed by atoms with Crippen LogP contribution in [0.3, 0.4) is 0 Å². The molecule has 0 atom stereocenters. The number of nitrogens with zero attached hydrogens (tertiary/aromatic N) is 3. The molecule has 3 rings (SSSR count). The fraction of sp³-hybridized carbons (Fsp3) is 0.357. The van der Waals surface area contributed by atoms with Crippen LogP contribution >= 0.6 is 11.6 Å². The maximum atomic E-state index is 11.5. The molecule has 0 radical (unpaired) electrons. The quantitative estimate of drug-likeness (QED) is 0.868. The highest BCUT2D eigenvalue weighted by Gasteiger charge is 2.20. The van der Waals surface area contributed by atoms with Gasteiger partial charge in [0.2, 0.25) is 5.91 Å². The second-order valence-corrected chi connectivity index (χ2v) is 5.19. The third kappa shape index (κ3) is 2.82. The fourth-order valence-electron chi connectivity index (χ4n) is 2.24. The van der Waals surface area contributed by atoms with Crippen LogP contribution < -0.4 is 0 Å². The SMILES string of the molecule is O=C1CCCN1CCc1noc(-c2ccc(Cl)cc2)n1. The van der Waals surface area contributed by atoms with Crippen molar-refractivity contribution in [1.29, 1.82) is 0 Å². The first-order valence-electron chi connectivity index (χ1n) is 6.59. The zero-order valence-electron chi connectivity index (χ0n) is 10.9. The van der Waals surface area contributed by atoms with Crippen LogP contribution in [-0.4, -0.2) is 34.0 Å². The molecule has 1 aliphatic rings. The van der Waals surface area contributed by atoms with Crippen molar-refractivity contribution in [3.63, 3.8) is 0 Å². The van der Waals surface area contributed by atoms with Crippen molar-refractivity contribution in [3.05, 3.63) is 35.1 Å².